The summed E-state index contributed by atoms with van der Waals surface area (Å²) >= 11 is 0. The van der Waals surface area contributed by atoms with E-state index in [1.54, 1.807) is 0 Å². The molecule has 0 aromatic rings. The number of allylic oxidation sites excluding steroid dienone is 1. The first-order chi connectivity index (χ1) is 19.4. The van der Waals surface area contributed by atoms with E-state index in [-0.39, 0.29) is 42.8 Å². The highest BCUT2D eigenvalue weighted by atomic mass is 19.3. The maximum absolute atomic E-state index is 13.8. The summed E-state index contributed by atoms with van der Waals surface area (Å²) in [6, 6.07) is -2.14. The van der Waals surface area contributed by atoms with Gasteiger partial charge in [-0.25, -0.2) is 28.0 Å². The van der Waals surface area contributed by atoms with Gasteiger partial charge in [-0.05, 0) is 51.5 Å². The number of hydrazone groups is 1. The van der Waals surface area contributed by atoms with Crippen LogP contribution in [0.2, 0.25) is 0 Å². The average Bonchev–Trinajstić information content (AvgIpc) is 3.72. The monoisotopic (exact) mass is 591 g/mol. The number of carbonyl (C=O) groups is 1. The normalized spacial score (nSPS) is 21.1. The standard InChI is InChI=1S/C24H41F4N11O2/c1-14(30)19(37-41)12-35-39(23(40)21(33-2)16-5-7-24(27,28)8-6-16)17(10-29)11-34-18(9-20(25)26)22(36-31)38(32)13-15-3-4-15/h10-12,15-16,18,20-22,30,33,36,41H,3-9,13,29,31-32H2,1-2H3/b17-10+,30-14?,34-11?,35-12+,37-19-. The number of hydrazine groups is 2. The summed E-state index contributed by atoms with van der Waals surface area (Å²) in [5.74, 6) is 8.07. The van der Waals surface area contributed by atoms with E-state index < -0.39 is 48.8 Å². The minimum absolute atomic E-state index is 0.0636. The van der Waals surface area contributed by atoms with Crippen molar-refractivity contribution >= 4 is 29.8 Å². The van der Waals surface area contributed by atoms with E-state index >= 15 is 0 Å². The van der Waals surface area contributed by atoms with Crippen molar-refractivity contribution in [2.75, 3.05) is 13.6 Å². The summed E-state index contributed by atoms with van der Waals surface area (Å²) in [5, 5.41) is 28.9. The number of carbonyl (C=O) groups excluding carboxylic acids is 1. The van der Waals surface area contributed by atoms with Crippen molar-refractivity contribution in [3.05, 3.63) is 11.9 Å². The maximum Gasteiger partial charge on any atom is 0.264 e. The van der Waals surface area contributed by atoms with Crippen LogP contribution >= 0.6 is 0 Å². The number of alkyl halides is 4. The predicted molar refractivity (Wildman–Crippen MR) is 148 cm³/mol. The van der Waals surface area contributed by atoms with Gasteiger partial charge in [0.1, 0.15) is 17.6 Å². The molecule has 0 aliphatic heterocycles. The largest absolute Gasteiger partial charge is 0.410 e. The second-order valence-electron chi connectivity index (χ2n) is 10.3. The first kappa shape index (κ1) is 34.2. The lowest BCUT2D eigenvalue weighted by molar-refractivity contribution is -0.134. The molecule has 17 heteroatoms. The van der Waals surface area contributed by atoms with Crippen LogP contribution in [0, 0.1) is 17.2 Å². The van der Waals surface area contributed by atoms with E-state index in [1.807, 2.05) is 0 Å². The minimum Gasteiger partial charge on any atom is -0.410 e. The molecule has 232 valence electrons. The van der Waals surface area contributed by atoms with E-state index in [2.05, 4.69) is 26.0 Å². The number of nitrogens with one attached hydrogen (secondary N) is 3. The molecule has 0 saturated heterocycles. The van der Waals surface area contributed by atoms with Gasteiger partial charge in [0, 0.05) is 38.2 Å². The Morgan fingerprint density at radius 2 is 1.85 bits per heavy atom. The molecule has 2 aliphatic carbocycles. The molecule has 2 rings (SSSR count). The average molecular weight is 592 g/mol. The van der Waals surface area contributed by atoms with Gasteiger partial charge >= 0.3 is 0 Å². The van der Waals surface area contributed by atoms with Crippen LogP contribution in [-0.4, -0.2) is 89.2 Å². The van der Waals surface area contributed by atoms with Crippen LogP contribution in [0.3, 0.4) is 0 Å². The molecule has 41 heavy (non-hydrogen) atoms. The summed E-state index contributed by atoms with van der Waals surface area (Å²) in [7, 11) is 1.49. The van der Waals surface area contributed by atoms with Crippen molar-refractivity contribution in [2.24, 2.45) is 44.5 Å². The smallest absolute Gasteiger partial charge is 0.264 e. The highest BCUT2D eigenvalue weighted by Crippen LogP contribution is 2.38. The van der Waals surface area contributed by atoms with Crippen LogP contribution in [0.25, 0.3) is 0 Å². The van der Waals surface area contributed by atoms with E-state index in [4.69, 9.17) is 22.8 Å². The third-order valence-electron chi connectivity index (χ3n) is 7.10. The molecular weight excluding hydrogens is 550 g/mol. The quantitative estimate of drug-likeness (QED) is 0.0347. The van der Waals surface area contributed by atoms with Gasteiger partial charge < -0.3 is 21.7 Å². The second-order valence-corrected chi connectivity index (χ2v) is 10.3. The Kier molecular flexibility index (Phi) is 13.2. The summed E-state index contributed by atoms with van der Waals surface area (Å²) in [4.78, 5) is 18.0. The van der Waals surface area contributed by atoms with Crippen molar-refractivity contribution in [3.63, 3.8) is 0 Å². The number of oxime groups is 1. The molecule has 0 spiro atoms. The van der Waals surface area contributed by atoms with E-state index in [0.29, 0.717) is 12.5 Å². The second kappa shape index (κ2) is 15.9. The zero-order valence-corrected chi connectivity index (χ0v) is 23.2. The summed E-state index contributed by atoms with van der Waals surface area (Å²) in [6.07, 6.45) is -0.236. The van der Waals surface area contributed by atoms with Gasteiger partial charge in [-0.2, -0.15) is 10.1 Å². The predicted octanol–water partition coefficient (Wildman–Crippen LogP) is 1.35. The van der Waals surface area contributed by atoms with Crippen LogP contribution in [-0.2, 0) is 4.79 Å². The van der Waals surface area contributed by atoms with Crippen molar-refractivity contribution in [1.29, 1.82) is 5.41 Å². The first-order valence-electron chi connectivity index (χ1n) is 13.3. The van der Waals surface area contributed by atoms with Gasteiger partial charge in [0.15, 0.2) is 0 Å². The highest BCUT2D eigenvalue weighted by molar-refractivity contribution is 6.61. The van der Waals surface area contributed by atoms with Crippen LogP contribution in [0.5, 0.6) is 0 Å². The van der Waals surface area contributed by atoms with Crippen molar-refractivity contribution in [2.45, 2.75) is 82.5 Å². The molecular formula is C24H41F4N11O2. The SMILES string of the molecule is CNC(C(=O)N(/N=C/C(=N/O)C(C)=N)/C(C=NC(CC(F)F)C(NN)N(N)CC1CC1)=C/N)C1CCC(F)(F)CC1. The Hall–Kier alpha value is -2.99. The molecule has 0 aromatic carbocycles. The number of hydrogen-bond acceptors (Lipinski definition) is 12. The molecule has 2 saturated carbocycles. The Morgan fingerprint density at radius 1 is 1.22 bits per heavy atom. The number of likely N-dealkylation sites (N-methyl/N-ethyl adjacent to an activating group) is 1. The lowest BCUT2D eigenvalue weighted by Gasteiger charge is -2.34. The van der Waals surface area contributed by atoms with Gasteiger partial charge in [-0.3, -0.25) is 21.5 Å². The molecule has 0 aromatic heterocycles. The van der Waals surface area contributed by atoms with Gasteiger partial charge in [0.05, 0.1) is 24.0 Å². The van der Waals surface area contributed by atoms with Crippen molar-refractivity contribution in [3.8, 4) is 0 Å². The Bertz CT molecular complexity index is 994. The molecule has 0 heterocycles. The molecule has 2 fully saturated rings. The number of halogens is 4. The number of aliphatic imine (C=N–C) groups is 1. The fraction of sp³-hybridized carbons (Fsp3) is 0.708. The third kappa shape index (κ3) is 10.4. The van der Waals surface area contributed by atoms with E-state index in [1.165, 1.54) is 19.0 Å². The number of nitrogens with zero attached hydrogens (tertiary/aromatic N) is 5. The minimum atomic E-state index is -2.82. The van der Waals surface area contributed by atoms with Gasteiger partial charge in [-0.1, -0.05) is 5.16 Å². The van der Waals surface area contributed by atoms with Crippen LogP contribution in [0.1, 0.15) is 51.9 Å². The lowest BCUT2D eigenvalue weighted by atomic mass is 9.81. The molecule has 0 radical (unpaired) electrons. The van der Waals surface area contributed by atoms with Crippen molar-refractivity contribution < 1.29 is 27.6 Å². The molecule has 10 N–H and O–H groups in total. The molecule has 3 unspecified atom stereocenters. The van der Waals surface area contributed by atoms with Crippen LogP contribution in [0.15, 0.2) is 27.1 Å². The van der Waals surface area contributed by atoms with E-state index in [0.717, 1.165) is 36.5 Å². The molecule has 3 atom stereocenters. The summed E-state index contributed by atoms with van der Waals surface area (Å²) in [5.41, 5.74) is 7.62. The number of rotatable bonds is 16. The maximum atomic E-state index is 13.8. The zero-order chi connectivity index (χ0) is 30.7. The first-order valence-corrected chi connectivity index (χ1v) is 13.3. The Balaban J connectivity index is 2.42. The van der Waals surface area contributed by atoms with Gasteiger partial charge in [0.25, 0.3) is 5.91 Å². The zero-order valence-electron chi connectivity index (χ0n) is 23.2. The Labute approximate surface area is 236 Å². The van der Waals surface area contributed by atoms with E-state index in [9.17, 15) is 27.6 Å². The van der Waals surface area contributed by atoms with Crippen LogP contribution in [0.4, 0.5) is 17.6 Å². The molecule has 13 nitrogen and oxygen atoms in total. The fourth-order valence-corrected chi connectivity index (χ4v) is 4.58. The highest BCUT2D eigenvalue weighted by Gasteiger charge is 2.41. The fourth-order valence-electron chi connectivity index (χ4n) is 4.58. The van der Waals surface area contributed by atoms with Gasteiger partial charge in [-0.15, -0.1) is 0 Å². The number of nitrogens with two attached hydrogens (primary N) is 3. The summed E-state index contributed by atoms with van der Waals surface area (Å²) in [6.45, 7) is 1.73. The third-order valence-corrected chi connectivity index (χ3v) is 7.10. The van der Waals surface area contributed by atoms with Gasteiger partial charge in [0.2, 0.25) is 12.3 Å². The lowest BCUT2D eigenvalue weighted by Crippen LogP contribution is -2.58. The van der Waals surface area contributed by atoms with Crippen LogP contribution < -0.4 is 28.2 Å². The molecule has 1 amide bonds. The summed E-state index contributed by atoms with van der Waals surface area (Å²) < 4.78 is 54.6. The van der Waals surface area contributed by atoms with Crippen molar-refractivity contribution in [1.82, 2.24) is 20.8 Å². The molecule has 0 bridgehead atoms. The topological polar surface area (TPSA) is 207 Å². The number of amides is 1. The Morgan fingerprint density at radius 3 is 2.32 bits per heavy atom. The number of hydrogen-bond donors (Lipinski definition) is 7. The molecule has 2 aliphatic rings.